The summed E-state index contributed by atoms with van der Waals surface area (Å²) in [6.07, 6.45) is 5.93. The molecule has 0 bridgehead atoms. The van der Waals surface area contributed by atoms with Crippen LogP contribution in [-0.2, 0) is 0 Å². The normalized spacial score (nSPS) is 23.6. The van der Waals surface area contributed by atoms with Gasteiger partial charge in [-0.25, -0.2) is 4.98 Å². The number of nitrogens with one attached hydrogen (secondary N) is 1. The van der Waals surface area contributed by atoms with Crippen LogP contribution < -0.4 is 11.1 Å². The van der Waals surface area contributed by atoms with Crippen LogP contribution in [0.25, 0.3) is 0 Å². The van der Waals surface area contributed by atoms with Gasteiger partial charge in [-0.05, 0) is 31.4 Å². The topological polar surface area (TPSA) is 94.1 Å². The van der Waals surface area contributed by atoms with Crippen molar-refractivity contribution < 1.29 is 4.92 Å². The molecule has 0 radical (unpaired) electrons. The number of hydrogen-bond acceptors (Lipinski definition) is 5. The van der Waals surface area contributed by atoms with Crippen LogP contribution in [0.15, 0.2) is 18.3 Å². The standard InChI is InChI=1S/C12H18N4O2/c13-7-9-3-1-2-4-11(9)15-12-6-5-10(8-14-12)16(17)18/h5-6,8-9,11H,1-4,7,13H2,(H,14,15). The molecule has 98 valence electrons. The van der Waals surface area contributed by atoms with E-state index in [0.29, 0.717) is 24.3 Å². The Kier molecular flexibility index (Phi) is 4.09. The molecule has 1 fully saturated rings. The van der Waals surface area contributed by atoms with Crippen molar-refractivity contribution in [1.82, 2.24) is 4.98 Å². The van der Waals surface area contributed by atoms with Gasteiger partial charge in [-0.1, -0.05) is 12.8 Å². The quantitative estimate of drug-likeness (QED) is 0.629. The van der Waals surface area contributed by atoms with Crippen molar-refractivity contribution in [3.05, 3.63) is 28.4 Å². The molecule has 0 aromatic carbocycles. The van der Waals surface area contributed by atoms with E-state index in [4.69, 9.17) is 5.73 Å². The summed E-state index contributed by atoms with van der Waals surface area (Å²) in [5.41, 5.74) is 5.77. The van der Waals surface area contributed by atoms with E-state index in [1.54, 1.807) is 6.07 Å². The summed E-state index contributed by atoms with van der Waals surface area (Å²) in [6, 6.07) is 3.45. The highest BCUT2D eigenvalue weighted by Crippen LogP contribution is 2.26. The number of rotatable bonds is 4. The summed E-state index contributed by atoms with van der Waals surface area (Å²) >= 11 is 0. The summed E-state index contributed by atoms with van der Waals surface area (Å²) in [4.78, 5) is 14.2. The molecule has 2 unspecified atom stereocenters. The average molecular weight is 250 g/mol. The van der Waals surface area contributed by atoms with Crippen LogP contribution >= 0.6 is 0 Å². The largest absolute Gasteiger partial charge is 0.367 e. The number of pyridine rings is 1. The molecule has 18 heavy (non-hydrogen) atoms. The van der Waals surface area contributed by atoms with E-state index in [-0.39, 0.29) is 5.69 Å². The Labute approximate surface area is 106 Å². The number of aromatic nitrogens is 1. The van der Waals surface area contributed by atoms with Crippen molar-refractivity contribution >= 4 is 11.5 Å². The van der Waals surface area contributed by atoms with Gasteiger partial charge in [-0.2, -0.15) is 0 Å². The second-order valence-electron chi connectivity index (χ2n) is 4.69. The van der Waals surface area contributed by atoms with E-state index in [9.17, 15) is 10.1 Å². The summed E-state index contributed by atoms with van der Waals surface area (Å²) in [7, 11) is 0. The number of nitro groups is 1. The van der Waals surface area contributed by atoms with Crippen molar-refractivity contribution in [3.63, 3.8) is 0 Å². The van der Waals surface area contributed by atoms with Gasteiger partial charge < -0.3 is 11.1 Å². The van der Waals surface area contributed by atoms with Crippen LogP contribution in [-0.4, -0.2) is 22.5 Å². The van der Waals surface area contributed by atoms with Crippen LogP contribution in [0, 0.1) is 16.0 Å². The van der Waals surface area contributed by atoms with E-state index in [0.717, 1.165) is 12.8 Å². The lowest BCUT2D eigenvalue weighted by molar-refractivity contribution is -0.385. The molecule has 6 heteroatoms. The molecule has 0 aliphatic heterocycles. The Morgan fingerprint density at radius 2 is 2.22 bits per heavy atom. The summed E-state index contributed by atoms with van der Waals surface area (Å²) in [5.74, 6) is 1.15. The Balaban J connectivity index is 2.01. The maximum absolute atomic E-state index is 10.5. The first kappa shape index (κ1) is 12.8. The summed E-state index contributed by atoms with van der Waals surface area (Å²) in [6.45, 7) is 0.671. The molecule has 0 saturated heterocycles. The zero-order valence-electron chi connectivity index (χ0n) is 10.2. The monoisotopic (exact) mass is 250 g/mol. The fourth-order valence-corrected chi connectivity index (χ4v) is 2.45. The van der Waals surface area contributed by atoms with Gasteiger partial charge in [0.1, 0.15) is 12.0 Å². The highest BCUT2D eigenvalue weighted by Gasteiger charge is 2.24. The van der Waals surface area contributed by atoms with Gasteiger partial charge in [0.25, 0.3) is 5.69 Å². The van der Waals surface area contributed by atoms with Gasteiger partial charge >= 0.3 is 0 Å². The zero-order chi connectivity index (χ0) is 13.0. The van der Waals surface area contributed by atoms with Crippen LogP contribution in [0.2, 0.25) is 0 Å². The molecule has 3 N–H and O–H groups in total. The van der Waals surface area contributed by atoms with Crippen molar-refractivity contribution in [2.24, 2.45) is 11.7 Å². The SMILES string of the molecule is NCC1CCCCC1Nc1ccc([N+](=O)[O-])cn1. The van der Waals surface area contributed by atoms with Crippen LogP contribution in [0.4, 0.5) is 11.5 Å². The first-order chi connectivity index (χ1) is 8.70. The van der Waals surface area contributed by atoms with E-state index < -0.39 is 4.92 Å². The smallest absolute Gasteiger partial charge is 0.287 e. The van der Waals surface area contributed by atoms with Gasteiger partial charge in [0, 0.05) is 12.1 Å². The molecule has 2 atom stereocenters. The van der Waals surface area contributed by atoms with E-state index in [2.05, 4.69) is 10.3 Å². The third-order valence-electron chi connectivity index (χ3n) is 3.50. The van der Waals surface area contributed by atoms with E-state index in [1.807, 2.05) is 0 Å². The molecule has 0 amide bonds. The second-order valence-corrected chi connectivity index (χ2v) is 4.69. The number of nitrogens with two attached hydrogens (primary N) is 1. The van der Waals surface area contributed by atoms with E-state index in [1.165, 1.54) is 25.1 Å². The second kappa shape index (κ2) is 5.77. The molecule has 0 spiro atoms. The lowest BCUT2D eigenvalue weighted by Crippen LogP contribution is -2.36. The Morgan fingerprint density at radius 1 is 1.44 bits per heavy atom. The van der Waals surface area contributed by atoms with Crippen molar-refractivity contribution in [2.45, 2.75) is 31.7 Å². The minimum atomic E-state index is -0.444. The van der Waals surface area contributed by atoms with Gasteiger partial charge in [-0.3, -0.25) is 10.1 Å². The van der Waals surface area contributed by atoms with Crippen LogP contribution in [0.3, 0.4) is 0 Å². The predicted octanol–water partition coefficient (Wildman–Crippen LogP) is 1.92. The first-order valence-corrected chi connectivity index (χ1v) is 6.27. The van der Waals surface area contributed by atoms with Gasteiger partial charge in [-0.15, -0.1) is 0 Å². The molecular formula is C12H18N4O2. The fourth-order valence-electron chi connectivity index (χ4n) is 2.45. The van der Waals surface area contributed by atoms with Crippen LogP contribution in [0.1, 0.15) is 25.7 Å². The molecule has 1 aromatic rings. The molecule has 6 nitrogen and oxygen atoms in total. The lowest BCUT2D eigenvalue weighted by Gasteiger charge is -2.31. The highest BCUT2D eigenvalue weighted by molar-refractivity contribution is 5.41. The maximum Gasteiger partial charge on any atom is 0.287 e. The average Bonchev–Trinajstić information content (AvgIpc) is 2.40. The minimum absolute atomic E-state index is 0.0135. The number of hydrogen-bond donors (Lipinski definition) is 2. The summed E-state index contributed by atoms with van der Waals surface area (Å²) < 4.78 is 0. The van der Waals surface area contributed by atoms with Gasteiger partial charge in [0.05, 0.1) is 4.92 Å². The van der Waals surface area contributed by atoms with Crippen LogP contribution in [0.5, 0.6) is 0 Å². The molecular weight excluding hydrogens is 232 g/mol. The minimum Gasteiger partial charge on any atom is -0.367 e. The molecule has 1 heterocycles. The Morgan fingerprint density at radius 3 is 2.83 bits per heavy atom. The third-order valence-corrected chi connectivity index (χ3v) is 3.50. The molecule has 1 saturated carbocycles. The summed E-state index contributed by atoms with van der Waals surface area (Å²) in [5, 5.41) is 13.9. The molecule has 1 aliphatic carbocycles. The predicted molar refractivity (Wildman–Crippen MR) is 69.3 cm³/mol. The third kappa shape index (κ3) is 2.95. The Hall–Kier alpha value is -1.69. The van der Waals surface area contributed by atoms with Gasteiger partial charge in [0.2, 0.25) is 0 Å². The first-order valence-electron chi connectivity index (χ1n) is 6.27. The Bertz CT molecular complexity index is 407. The zero-order valence-corrected chi connectivity index (χ0v) is 10.2. The van der Waals surface area contributed by atoms with Crippen molar-refractivity contribution in [1.29, 1.82) is 0 Å². The highest BCUT2D eigenvalue weighted by atomic mass is 16.6. The lowest BCUT2D eigenvalue weighted by atomic mass is 9.84. The number of anilines is 1. The molecule has 1 aliphatic rings. The number of nitrogens with zero attached hydrogens (tertiary/aromatic N) is 2. The van der Waals surface area contributed by atoms with Gasteiger partial charge in [0.15, 0.2) is 0 Å². The van der Waals surface area contributed by atoms with Crippen molar-refractivity contribution in [3.8, 4) is 0 Å². The fraction of sp³-hybridized carbons (Fsp3) is 0.583. The maximum atomic E-state index is 10.5. The molecule has 1 aromatic heterocycles. The molecule has 2 rings (SSSR count). The van der Waals surface area contributed by atoms with E-state index >= 15 is 0 Å². The van der Waals surface area contributed by atoms with Crippen molar-refractivity contribution in [2.75, 3.05) is 11.9 Å².